The number of hydrogen-bond acceptors (Lipinski definition) is 2. The smallest absolute Gasteiger partial charge is 0.335 e. The first kappa shape index (κ1) is 11.2. The molecule has 0 saturated carbocycles. The molecule has 1 aromatic rings. The number of carboxylic acids is 1. The largest absolute Gasteiger partial charge is 0.478 e. The Morgan fingerprint density at radius 3 is 2.80 bits per heavy atom. The molecule has 0 bridgehead atoms. The van der Waals surface area contributed by atoms with Crippen molar-refractivity contribution < 1.29 is 14.3 Å². The maximum atomic E-state index is 13.0. The zero-order valence-corrected chi connectivity index (χ0v) is 8.33. The highest BCUT2D eigenvalue weighted by Gasteiger charge is 2.07. The Kier molecular flexibility index (Phi) is 3.44. The van der Waals surface area contributed by atoms with Gasteiger partial charge in [-0.1, -0.05) is 6.08 Å². The van der Waals surface area contributed by atoms with Crippen LogP contribution >= 0.6 is 0 Å². The highest BCUT2D eigenvalue weighted by molar-refractivity contribution is 5.88. The van der Waals surface area contributed by atoms with Crippen molar-refractivity contribution in [1.29, 1.82) is 0 Å². The van der Waals surface area contributed by atoms with Crippen molar-refractivity contribution in [2.45, 2.75) is 13.0 Å². The molecule has 1 aromatic carbocycles. The quantitative estimate of drug-likeness (QED) is 0.749. The van der Waals surface area contributed by atoms with Crippen molar-refractivity contribution in [2.75, 3.05) is 5.32 Å². The Bertz CT molecular complexity index is 390. The molecule has 0 amide bonds. The molecule has 0 heterocycles. The molecule has 1 atom stereocenters. The zero-order chi connectivity index (χ0) is 11.4. The Morgan fingerprint density at radius 1 is 1.60 bits per heavy atom. The second-order valence-corrected chi connectivity index (χ2v) is 3.20. The molecular formula is C11H12FNO2. The number of anilines is 1. The molecule has 80 valence electrons. The summed E-state index contributed by atoms with van der Waals surface area (Å²) >= 11 is 0. The van der Waals surface area contributed by atoms with Gasteiger partial charge in [0, 0.05) is 11.7 Å². The van der Waals surface area contributed by atoms with Crippen LogP contribution < -0.4 is 5.32 Å². The van der Waals surface area contributed by atoms with E-state index in [0.717, 1.165) is 6.07 Å². The second kappa shape index (κ2) is 4.59. The number of rotatable bonds is 4. The normalized spacial score (nSPS) is 11.9. The van der Waals surface area contributed by atoms with E-state index in [1.807, 2.05) is 6.92 Å². The predicted molar refractivity (Wildman–Crippen MR) is 56.6 cm³/mol. The topological polar surface area (TPSA) is 49.3 Å². The lowest BCUT2D eigenvalue weighted by molar-refractivity contribution is 0.0696. The first-order valence-electron chi connectivity index (χ1n) is 4.46. The standard InChI is InChI=1S/C11H12FNO2/c1-3-7(2)13-10-5-8(11(14)15)4-9(12)6-10/h3-7,13H,1H2,2H3,(H,14,15). The molecule has 0 aliphatic heterocycles. The van der Waals surface area contributed by atoms with Gasteiger partial charge in [-0.25, -0.2) is 9.18 Å². The summed E-state index contributed by atoms with van der Waals surface area (Å²) in [6.45, 7) is 5.40. The van der Waals surface area contributed by atoms with Gasteiger partial charge in [0.1, 0.15) is 5.82 Å². The number of nitrogens with one attached hydrogen (secondary N) is 1. The number of benzene rings is 1. The lowest BCUT2D eigenvalue weighted by Crippen LogP contribution is -2.12. The predicted octanol–water partition coefficient (Wildman–Crippen LogP) is 2.51. The van der Waals surface area contributed by atoms with Crippen LogP contribution in [0.3, 0.4) is 0 Å². The second-order valence-electron chi connectivity index (χ2n) is 3.20. The first-order chi connectivity index (χ1) is 7.02. The molecule has 0 aliphatic rings. The molecule has 0 spiro atoms. The van der Waals surface area contributed by atoms with Gasteiger partial charge in [-0.2, -0.15) is 0 Å². The van der Waals surface area contributed by atoms with Crippen molar-refractivity contribution in [3.8, 4) is 0 Å². The summed E-state index contributed by atoms with van der Waals surface area (Å²) in [6, 6.07) is 3.55. The van der Waals surface area contributed by atoms with E-state index in [4.69, 9.17) is 5.11 Å². The van der Waals surface area contributed by atoms with Crippen LogP contribution in [0.1, 0.15) is 17.3 Å². The number of carbonyl (C=O) groups is 1. The Balaban J connectivity index is 2.98. The number of hydrogen-bond donors (Lipinski definition) is 2. The summed E-state index contributed by atoms with van der Waals surface area (Å²) in [6.07, 6.45) is 1.64. The summed E-state index contributed by atoms with van der Waals surface area (Å²) in [7, 11) is 0. The van der Waals surface area contributed by atoms with Crippen LogP contribution in [0.15, 0.2) is 30.9 Å². The monoisotopic (exact) mass is 209 g/mol. The third-order valence-electron chi connectivity index (χ3n) is 1.89. The summed E-state index contributed by atoms with van der Waals surface area (Å²) in [5.41, 5.74) is 0.355. The molecule has 4 heteroatoms. The van der Waals surface area contributed by atoms with Gasteiger partial charge in [-0.3, -0.25) is 0 Å². The molecule has 15 heavy (non-hydrogen) atoms. The summed E-state index contributed by atoms with van der Waals surface area (Å²) < 4.78 is 13.0. The fraction of sp³-hybridized carbons (Fsp3) is 0.182. The van der Waals surface area contributed by atoms with Crippen molar-refractivity contribution in [3.05, 3.63) is 42.2 Å². The van der Waals surface area contributed by atoms with E-state index in [-0.39, 0.29) is 11.6 Å². The van der Waals surface area contributed by atoms with Crippen LogP contribution in [0.25, 0.3) is 0 Å². The van der Waals surface area contributed by atoms with Crippen LogP contribution in [-0.4, -0.2) is 17.1 Å². The van der Waals surface area contributed by atoms with Gasteiger partial charge in [0.2, 0.25) is 0 Å². The maximum Gasteiger partial charge on any atom is 0.335 e. The van der Waals surface area contributed by atoms with Crippen molar-refractivity contribution in [2.24, 2.45) is 0 Å². The zero-order valence-electron chi connectivity index (χ0n) is 8.33. The molecule has 0 aromatic heterocycles. The number of halogens is 1. The van der Waals surface area contributed by atoms with E-state index < -0.39 is 11.8 Å². The minimum absolute atomic E-state index is 0.0477. The van der Waals surface area contributed by atoms with Crippen LogP contribution in [0.2, 0.25) is 0 Å². The van der Waals surface area contributed by atoms with Crippen molar-refractivity contribution in [3.63, 3.8) is 0 Å². The fourth-order valence-electron chi connectivity index (χ4n) is 1.12. The molecule has 1 rings (SSSR count). The SMILES string of the molecule is C=CC(C)Nc1cc(F)cc(C(=O)O)c1. The molecule has 0 saturated heterocycles. The number of carboxylic acid groups (broad SMARTS) is 1. The van der Waals surface area contributed by atoms with E-state index in [9.17, 15) is 9.18 Å². The van der Waals surface area contributed by atoms with Gasteiger partial charge in [-0.15, -0.1) is 6.58 Å². The minimum atomic E-state index is -1.15. The fourth-order valence-corrected chi connectivity index (χ4v) is 1.12. The van der Waals surface area contributed by atoms with Gasteiger partial charge < -0.3 is 10.4 Å². The summed E-state index contributed by atoms with van der Waals surface area (Å²) in [5, 5.41) is 11.6. The van der Waals surface area contributed by atoms with E-state index in [0.29, 0.717) is 5.69 Å². The van der Waals surface area contributed by atoms with Crippen LogP contribution in [0.5, 0.6) is 0 Å². The highest BCUT2D eigenvalue weighted by atomic mass is 19.1. The van der Waals surface area contributed by atoms with Gasteiger partial charge in [0.25, 0.3) is 0 Å². The lowest BCUT2D eigenvalue weighted by Gasteiger charge is -2.11. The number of aromatic carboxylic acids is 1. The molecule has 2 N–H and O–H groups in total. The Hall–Kier alpha value is -1.84. The average Bonchev–Trinajstić information content (AvgIpc) is 2.16. The van der Waals surface area contributed by atoms with Gasteiger partial charge in [-0.05, 0) is 25.1 Å². The van der Waals surface area contributed by atoms with E-state index in [2.05, 4.69) is 11.9 Å². The molecule has 0 aliphatic carbocycles. The average molecular weight is 209 g/mol. The van der Waals surface area contributed by atoms with Crippen molar-refractivity contribution in [1.82, 2.24) is 0 Å². The molecule has 0 radical (unpaired) electrons. The minimum Gasteiger partial charge on any atom is -0.478 e. The molecule has 1 unspecified atom stereocenters. The van der Waals surface area contributed by atoms with Crippen LogP contribution in [0.4, 0.5) is 10.1 Å². The molecular weight excluding hydrogens is 197 g/mol. The Morgan fingerprint density at radius 2 is 2.27 bits per heavy atom. The van der Waals surface area contributed by atoms with Gasteiger partial charge in [0.05, 0.1) is 5.56 Å². The molecule has 0 fully saturated rings. The third-order valence-corrected chi connectivity index (χ3v) is 1.89. The van der Waals surface area contributed by atoms with E-state index in [1.165, 1.54) is 12.1 Å². The van der Waals surface area contributed by atoms with E-state index >= 15 is 0 Å². The first-order valence-corrected chi connectivity index (χ1v) is 4.46. The molecule has 3 nitrogen and oxygen atoms in total. The van der Waals surface area contributed by atoms with Crippen LogP contribution in [0, 0.1) is 5.82 Å². The van der Waals surface area contributed by atoms with Crippen molar-refractivity contribution >= 4 is 11.7 Å². The van der Waals surface area contributed by atoms with E-state index in [1.54, 1.807) is 6.08 Å². The van der Waals surface area contributed by atoms with Crippen LogP contribution in [-0.2, 0) is 0 Å². The Labute approximate surface area is 87.2 Å². The summed E-state index contributed by atoms with van der Waals surface area (Å²) in [5.74, 6) is -1.72. The highest BCUT2D eigenvalue weighted by Crippen LogP contribution is 2.15. The lowest BCUT2D eigenvalue weighted by atomic mass is 10.2. The van der Waals surface area contributed by atoms with Gasteiger partial charge in [0.15, 0.2) is 0 Å². The maximum absolute atomic E-state index is 13.0. The van der Waals surface area contributed by atoms with Gasteiger partial charge >= 0.3 is 5.97 Å². The third kappa shape index (κ3) is 3.09. The summed E-state index contributed by atoms with van der Waals surface area (Å²) in [4.78, 5) is 10.6.